The molecule has 0 heterocycles. The van der Waals surface area contributed by atoms with Gasteiger partial charge in [-0.25, -0.2) is 0 Å². The lowest BCUT2D eigenvalue weighted by molar-refractivity contribution is 0.192. The Morgan fingerprint density at radius 3 is 2.30 bits per heavy atom. The summed E-state index contributed by atoms with van der Waals surface area (Å²) < 4.78 is 0. The predicted molar refractivity (Wildman–Crippen MR) is 40.6 cm³/mol. The van der Waals surface area contributed by atoms with Crippen molar-refractivity contribution >= 4 is 0 Å². The molecule has 1 unspecified atom stereocenters. The fourth-order valence-electron chi connectivity index (χ4n) is 0.720. The number of unbranched alkanes of at least 4 members (excludes halogenated alkanes) is 1. The van der Waals surface area contributed by atoms with Crippen LogP contribution in [0, 0.1) is 0 Å². The molecule has 0 saturated carbocycles. The molecule has 0 aliphatic heterocycles. The Balaban J connectivity index is 3.28. The number of rotatable bonds is 5. The summed E-state index contributed by atoms with van der Waals surface area (Å²) in [6.45, 7) is 2.03. The van der Waals surface area contributed by atoms with Gasteiger partial charge in [0, 0.05) is 12.1 Å². The van der Waals surface area contributed by atoms with Crippen LogP contribution in [0.15, 0.2) is 0 Å². The van der Waals surface area contributed by atoms with E-state index < -0.39 is 5.54 Å². The zero-order valence-corrected chi connectivity index (χ0v) is 6.51. The molecule has 0 saturated heterocycles. The highest BCUT2D eigenvalue weighted by Gasteiger charge is 2.15. The summed E-state index contributed by atoms with van der Waals surface area (Å²) in [6, 6.07) is 0. The summed E-state index contributed by atoms with van der Waals surface area (Å²) in [7, 11) is 0. The first-order valence-corrected chi connectivity index (χ1v) is 3.63. The van der Waals surface area contributed by atoms with Gasteiger partial charge in [-0.1, -0.05) is 0 Å². The van der Waals surface area contributed by atoms with E-state index in [0.717, 1.165) is 19.3 Å². The second kappa shape index (κ2) is 4.66. The molecule has 0 aromatic heterocycles. The first-order valence-electron chi connectivity index (χ1n) is 3.63. The maximum atomic E-state index is 8.71. The molecule has 0 aliphatic carbocycles. The SMILES string of the molecule is CC(N)(CO)CCCCO. The first-order chi connectivity index (χ1) is 4.62. The van der Waals surface area contributed by atoms with Crippen molar-refractivity contribution in [3.05, 3.63) is 0 Å². The van der Waals surface area contributed by atoms with Gasteiger partial charge in [0.05, 0.1) is 6.61 Å². The van der Waals surface area contributed by atoms with Gasteiger partial charge >= 0.3 is 0 Å². The topological polar surface area (TPSA) is 66.5 Å². The summed E-state index contributed by atoms with van der Waals surface area (Å²) in [5, 5.41) is 17.1. The van der Waals surface area contributed by atoms with Crippen LogP contribution in [0.4, 0.5) is 0 Å². The monoisotopic (exact) mass is 147 g/mol. The zero-order chi connectivity index (χ0) is 8.04. The Kier molecular flexibility index (Phi) is 4.60. The van der Waals surface area contributed by atoms with Crippen molar-refractivity contribution in [1.29, 1.82) is 0 Å². The third-order valence-electron chi connectivity index (χ3n) is 1.52. The summed E-state index contributed by atoms with van der Waals surface area (Å²) >= 11 is 0. The number of aliphatic hydroxyl groups is 2. The van der Waals surface area contributed by atoms with Crippen LogP contribution in [0.25, 0.3) is 0 Å². The smallest absolute Gasteiger partial charge is 0.0608 e. The summed E-state index contributed by atoms with van der Waals surface area (Å²) in [4.78, 5) is 0. The van der Waals surface area contributed by atoms with Crippen molar-refractivity contribution in [3.63, 3.8) is 0 Å². The van der Waals surface area contributed by atoms with E-state index >= 15 is 0 Å². The van der Waals surface area contributed by atoms with Crippen molar-refractivity contribution in [2.75, 3.05) is 13.2 Å². The molecule has 62 valence electrons. The summed E-state index contributed by atoms with van der Waals surface area (Å²) in [6.07, 6.45) is 2.42. The first kappa shape index (κ1) is 9.88. The molecule has 3 heteroatoms. The standard InChI is InChI=1S/C7H17NO2/c1-7(8,6-10)4-2-3-5-9/h9-10H,2-6,8H2,1H3. The van der Waals surface area contributed by atoms with Gasteiger partial charge in [-0.15, -0.1) is 0 Å². The maximum absolute atomic E-state index is 8.71. The Morgan fingerprint density at radius 1 is 1.30 bits per heavy atom. The Labute approximate surface area is 61.9 Å². The average molecular weight is 147 g/mol. The maximum Gasteiger partial charge on any atom is 0.0608 e. The third kappa shape index (κ3) is 4.73. The van der Waals surface area contributed by atoms with Crippen molar-refractivity contribution in [1.82, 2.24) is 0 Å². The molecule has 1 atom stereocenters. The molecule has 0 aromatic carbocycles. The van der Waals surface area contributed by atoms with Crippen molar-refractivity contribution < 1.29 is 10.2 Å². The van der Waals surface area contributed by atoms with Crippen LogP contribution < -0.4 is 5.73 Å². The zero-order valence-electron chi connectivity index (χ0n) is 6.51. The molecule has 0 aliphatic rings. The van der Waals surface area contributed by atoms with Gasteiger partial charge in [0.15, 0.2) is 0 Å². The van der Waals surface area contributed by atoms with E-state index in [1.165, 1.54) is 0 Å². The Morgan fingerprint density at radius 2 is 1.90 bits per heavy atom. The van der Waals surface area contributed by atoms with Gasteiger partial charge in [-0.2, -0.15) is 0 Å². The van der Waals surface area contributed by atoms with Crippen LogP contribution >= 0.6 is 0 Å². The Bertz CT molecular complexity index is 83.7. The molecule has 0 aromatic rings. The van der Waals surface area contributed by atoms with Crippen LogP contribution in [-0.2, 0) is 0 Å². The lowest BCUT2D eigenvalue weighted by atomic mass is 9.97. The highest BCUT2D eigenvalue weighted by Crippen LogP contribution is 2.08. The second-order valence-electron chi connectivity index (χ2n) is 2.99. The van der Waals surface area contributed by atoms with E-state index in [4.69, 9.17) is 15.9 Å². The molecule has 0 amide bonds. The van der Waals surface area contributed by atoms with Gasteiger partial charge in [0.1, 0.15) is 0 Å². The molecule has 4 N–H and O–H groups in total. The molecule has 10 heavy (non-hydrogen) atoms. The molecule has 0 bridgehead atoms. The van der Waals surface area contributed by atoms with E-state index in [2.05, 4.69) is 0 Å². The van der Waals surface area contributed by atoms with Crippen LogP contribution in [0.1, 0.15) is 26.2 Å². The van der Waals surface area contributed by atoms with Crippen LogP contribution in [-0.4, -0.2) is 29.0 Å². The van der Waals surface area contributed by atoms with Crippen molar-refractivity contribution in [2.24, 2.45) is 5.73 Å². The highest BCUT2D eigenvalue weighted by molar-refractivity contribution is 4.76. The van der Waals surface area contributed by atoms with E-state index in [9.17, 15) is 0 Å². The summed E-state index contributed by atoms with van der Waals surface area (Å²) in [5.74, 6) is 0. The number of nitrogens with two attached hydrogens (primary N) is 1. The van der Waals surface area contributed by atoms with Crippen LogP contribution in [0.5, 0.6) is 0 Å². The fraction of sp³-hybridized carbons (Fsp3) is 1.00. The Hall–Kier alpha value is -0.120. The van der Waals surface area contributed by atoms with E-state index in [1.54, 1.807) is 0 Å². The van der Waals surface area contributed by atoms with Crippen molar-refractivity contribution in [2.45, 2.75) is 31.7 Å². The molecule has 0 fully saturated rings. The fourth-order valence-corrected chi connectivity index (χ4v) is 0.720. The van der Waals surface area contributed by atoms with Crippen LogP contribution in [0.2, 0.25) is 0 Å². The van der Waals surface area contributed by atoms with Crippen LogP contribution in [0.3, 0.4) is 0 Å². The molecule has 0 rings (SSSR count). The lowest BCUT2D eigenvalue weighted by Crippen LogP contribution is -2.39. The summed E-state index contributed by atoms with van der Waals surface area (Å²) in [5.41, 5.74) is 5.16. The lowest BCUT2D eigenvalue weighted by Gasteiger charge is -2.20. The van der Waals surface area contributed by atoms with Gasteiger partial charge in [0.25, 0.3) is 0 Å². The third-order valence-corrected chi connectivity index (χ3v) is 1.52. The molecular weight excluding hydrogens is 130 g/mol. The number of hydrogen-bond acceptors (Lipinski definition) is 3. The van der Waals surface area contributed by atoms with Gasteiger partial charge < -0.3 is 15.9 Å². The average Bonchev–Trinajstić information content (AvgIpc) is 1.89. The minimum atomic E-state index is -0.463. The molecule has 3 nitrogen and oxygen atoms in total. The second-order valence-corrected chi connectivity index (χ2v) is 2.99. The predicted octanol–water partition coefficient (Wildman–Crippen LogP) is -0.141. The molecule has 0 spiro atoms. The van der Waals surface area contributed by atoms with Gasteiger partial charge in [0.2, 0.25) is 0 Å². The molecule has 0 radical (unpaired) electrons. The largest absolute Gasteiger partial charge is 0.396 e. The molecular formula is C7H17NO2. The minimum Gasteiger partial charge on any atom is -0.396 e. The number of hydrogen-bond donors (Lipinski definition) is 3. The van der Waals surface area contributed by atoms with Gasteiger partial charge in [-0.3, -0.25) is 0 Å². The number of aliphatic hydroxyl groups excluding tert-OH is 2. The normalized spacial score (nSPS) is 16.8. The van der Waals surface area contributed by atoms with E-state index in [0.29, 0.717) is 0 Å². The van der Waals surface area contributed by atoms with Gasteiger partial charge in [-0.05, 0) is 26.2 Å². The quantitative estimate of drug-likeness (QED) is 0.474. The van der Waals surface area contributed by atoms with E-state index in [1.807, 2.05) is 6.92 Å². The van der Waals surface area contributed by atoms with E-state index in [-0.39, 0.29) is 13.2 Å². The van der Waals surface area contributed by atoms with Crippen molar-refractivity contribution in [3.8, 4) is 0 Å². The highest BCUT2D eigenvalue weighted by atomic mass is 16.3. The minimum absolute atomic E-state index is 0.0123.